The molecule has 1 aromatic carbocycles. The molecular formula is C24H28F3N5O2. The fraction of sp³-hybridized carbons (Fsp3) is 0.500. The molecule has 7 nitrogen and oxygen atoms in total. The number of fused-ring (bicyclic) bond motifs is 1. The van der Waals surface area contributed by atoms with Crippen LogP contribution in [0.5, 0.6) is 0 Å². The SMILES string of the molecule is CC1CCC(=O)N(C[C@H](N)CC(=O)N2CCc3c(nc(-c4ccccc4)nc3C(F)(F)F)C2)C1. The van der Waals surface area contributed by atoms with E-state index in [4.69, 9.17) is 5.73 Å². The Hall–Kier alpha value is -3.01. The lowest BCUT2D eigenvalue weighted by atomic mass is 9.98. The van der Waals surface area contributed by atoms with Gasteiger partial charge in [-0.15, -0.1) is 0 Å². The number of hydrogen-bond acceptors (Lipinski definition) is 5. The van der Waals surface area contributed by atoms with Crippen molar-refractivity contribution < 1.29 is 22.8 Å². The fourth-order valence-electron chi connectivity index (χ4n) is 4.57. The summed E-state index contributed by atoms with van der Waals surface area (Å²) in [6.45, 7) is 3.08. The van der Waals surface area contributed by atoms with Gasteiger partial charge in [-0.2, -0.15) is 13.2 Å². The Bertz CT molecular complexity index is 1060. The number of carbonyl (C=O) groups excluding carboxylic acids is 2. The Kier molecular flexibility index (Phi) is 6.88. The molecule has 2 atom stereocenters. The standard InChI is InChI=1S/C24H28F3N5O2/c1-15-7-8-20(33)32(12-15)13-17(28)11-21(34)31-10-9-18-19(14-31)29-23(16-5-3-2-4-6-16)30-22(18)24(25,26)27/h2-6,15,17H,7-14,28H2,1H3/t15?,17-/m1/s1. The lowest BCUT2D eigenvalue weighted by molar-refractivity contribution is -0.142. The number of hydrogen-bond donors (Lipinski definition) is 1. The van der Waals surface area contributed by atoms with Crippen LogP contribution in [0.4, 0.5) is 13.2 Å². The summed E-state index contributed by atoms with van der Waals surface area (Å²) in [6, 6.07) is 7.92. The molecule has 10 heteroatoms. The zero-order valence-corrected chi connectivity index (χ0v) is 19.0. The van der Waals surface area contributed by atoms with Crippen molar-refractivity contribution in [3.8, 4) is 11.4 Å². The molecule has 1 unspecified atom stereocenters. The van der Waals surface area contributed by atoms with Gasteiger partial charge in [0, 0.05) is 49.6 Å². The Morgan fingerprint density at radius 3 is 2.65 bits per heavy atom. The van der Waals surface area contributed by atoms with Crippen LogP contribution in [0.25, 0.3) is 11.4 Å². The van der Waals surface area contributed by atoms with Crippen molar-refractivity contribution in [3.05, 3.63) is 47.3 Å². The van der Waals surface area contributed by atoms with E-state index in [2.05, 4.69) is 16.9 Å². The van der Waals surface area contributed by atoms with Gasteiger partial charge in [-0.3, -0.25) is 9.59 Å². The van der Waals surface area contributed by atoms with Crippen molar-refractivity contribution in [2.45, 2.75) is 51.4 Å². The minimum Gasteiger partial charge on any atom is -0.341 e. The highest BCUT2D eigenvalue weighted by Crippen LogP contribution is 2.35. The first kappa shape index (κ1) is 24.1. The molecule has 1 saturated heterocycles. The maximum atomic E-state index is 13.8. The number of benzene rings is 1. The molecule has 2 amide bonds. The second-order valence-electron chi connectivity index (χ2n) is 9.16. The second kappa shape index (κ2) is 9.69. The zero-order chi connectivity index (χ0) is 24.5. The minimum atomic E-state index is -4.62. The molecule has 2 aliphatic rings. The van der Waals surface area contributed by atoms with Crippen LogP contribution in [-0.2, 0) is 28.7 Å². The number of rotatable bonds is 5. The van der Waals surface area contributed by atoms with E-state index in [1.165, 1.54) is 4.90 Å². The molecule has 3 heterocycles. The molecule has 0 radical (unpaired) electrons. The van der Waals surface area contributed by atoms with Crippen molar-refractivity contribution in [1.82, 2.24) is 19.8 Å². The Labute approximate surface area is 196 Å². The van der Waals surface area contributed by atoms with Crippen molar-refractivity contribution in [2.24, 2.45) is 11.7 Å². The first-order valence-electron chi connectivity index (χ1n) is 11.5. The predicted octanol–water partition coefficient (Wildman–Crippen LogP) is 3.02. The van der Waals surface area contributed by atoms with Crippen molar-refractivity contribution in [1.29, 1.82) is 0 Å². The van der Waals surface area contributed by atoms with Gasteiger partial charge in [-0.1, -0.05) is 37.3 Å². The normalized spacial score (nSPS) is 19.7. The topological polar surface area (TPSA) is 92.4 Å². The van der Waals surface area contributed by atoms with E-state index in [1.54, 1.807) is 35.2 Å². The molecule has 1 aromatic heterocycles. The summed E-state index contributed by atoms with van der Waals surface area (Å²) >= 11 is 0. The summed E-state index contributed by atoms with van der Waals surface area (Å²) in [5.41, 5.74) is 5.95. The van der Waals surface area contributed by atoms with Gasteiger partial charge >= 0.3 is 6.18 Å². The van der Waals surface area contributed by atoms with E-state index < -0.39 is 17.9 Å². The van der Waals surface area contributed by atoms with E-state index >= 15 is 0 Å². The summed E-state index contributed by atoms with van der Waals surface area (Å²) < 4.78 is 41.3. The van der Waals surface area contributed by atoms with Gasteiger partial charge in [0.2, 0.25) is 11.8 Å². The maximum Gasteiger partial charge on any atom is 0.433 e. The summed E-state index contributed by atoms with van der Waals surface area (Å²) in [7, 11) is 0. The van der Waals surface area contributed by atoms with Crippen molar-refractivity contribution in [2.75, 3.05) is 19.6 Å². The molecule has 182 valence electrons. The number of nitrogens with zero attached hydrogens (tertiary/aromatic N) is 4. The van der Waals surface area contributed by atoms with Gasteiger partial charge in [0.25, 0.3) is 0 Å². The molecule has 2 N–H and O–H groups in total. The summed E-state index contributed by atoms with van der Waals surface area (Å²) in [5, 5.41) is 0. The smallest absolute Gasteiger partial charge is 0.341 e. The first-order chi connectivity index (χ1) is 16.1. The fourth-order valence-corrected chi connectivity index (χ4v) is 4.57. The van der Waals surface area contributed by atoms with Crippen LogP contribution in [0.15, 0.2) is 30.3 Å². The molecule has 34 heavy (non-hydrogen) atoms. The highest BCUT2D eigenvalue weighted by atomic mass is 19.4. The first-order valence-corrected chi connectivity index (χ1v) is 11.5. The van der Waals surface area contributed by atoms with Gasteiger partial charge in [0.15, 0.2) is 11.5 Å². The number of likely N-dealkylation sites (tertiary alicyclic amines) is 1. The summed E-state index contributed by atoms with van der Waals surface area (Å²) in [6.07, 6.45) is -3.26. The lowest BCUT2D eigenvalue weighted by Gasteiger charge is -2.34. The van der Waals surface area contributed by atoms with Crippen LogP contribution in [0.3, 0.4) is 0 Å². The average molecular weight is 476 g/mol. The molecule has 0 spiro atoms. The van der Waals surface area contributed by atoms with Crippen LogP contribution in [0, 0.1) is 5.92 Å². The van der Waals surface area contributed by atoms with Crippen molar-refractivity contribution >= 4 is 11.8 Å². The third-order valence-corrected chi connectivity index (χ3v) is 6.35. The number of nitrogens with two attached hydrogens (primary N) is 1. The van der Waals surface area contributed by atoms with Gasteiger partial charge in [0.05, 0.1) is 12.2 Å². The molecule has 2 aromatic rings. The predicted molar refractivity (Wildman–Crippen MR) is 119 cm³/mol. The molecule has 0 aliphatic carbocycles. The average Bonchev–Trinajstić information content (AvgIpc) is 2.80. The molecule has 1 fully saturated rings. The summed E-state index contributed by atoms with van der Waals surface area (Å²) in [4.78, 5) is 36.5. The van der Waals surface area contributed by atoms with E-state index in [1.807, 2.05) is 0 Å². The number of piperidine rings is 1. The zero-order valence-electron chi connectivity index (χ0n) is 19.0. The monoisotopic (exact) mass is 475 g/mol. The van der Waals surface area contributed by atoms with Crippen LogP contribution in [0.1, 0.15) is 43.1 Å². The minimum absolute atomic E-state index is 0.0102. The van der Waals surface area contributed by atoms with Gasteiger partial charge in [-0.05, 0) is 18.8 Å². The molecule has 0 saturated carbocycles. The number of carbonyl (C=O) groups is 2. The lowest BCUT2D eigenvalue weighted by Crippen LogP contribution is -2.48. The van der Waals surface area contributed by atoms with E-state index in [9.17, 15) is 22.8 Å². The molecular weight excluding hydrogens is 447 g/mol. The number of alkyl halides is 3. The van der Waals surface area contributed by atoms with Gasteiger partial charge in [0.1, 0.15) is 0 Å². The highest BCUT2D eigenvalue weighted by Gasteiger charge is 2.39. The van der Waals surface area contributed by atoms with Crippen LogP contribution in [0.2, 0.25) is 0 Å². The second-order valence-corrected chi connectivity index (χ2v) is 9.16. The largest absolute Gasteiger partial charge is 0.433 e. The van der Waals surface area contributed by atoms with Crippen LogP contribution >= 0.6 is 0 Å². The third-order valence-electron chi connectivity index (χ3n) is 6.35. The van der Waals surface area contributed by atoms with Crippen LogP contribution < -0.4 is 5.73 Å². The Morgan fingerprint density at radius 1 is 1.21 bits per heavy atom. The maximum absolute atomic E-state index is 13.8. The molecule has 0 bridgehead atoms. The Balaban J connectivity index is 1.49. The molecule has 2 aliphatic heterocycles. The van der Waals surface area contributed by atoms with E-state index in [0.29, 0.717) is 24.4 Å². The third kappa shape index (κ3) is 5.38. The van der Waals surface area contributed by atoms with Gasteiger partial charge in [-0.25, -0.2) is 9.97 Å². The quantitative estimate of drug-likeness (QED) is 0.718. The molecule has 4 rings (SSSR count). The van der Waals surface area contributed by atoms with Gasteiger partial charge < -0.3 is 15.5 Å². The highest BCUT2D eigenvalue weighted by molar-refractivity contribution is 5.78. The number of halogens is 3. The summed E-state index contributed by atoms with van der Waals surface area (Å²) in [5.74, 6) is 0.151. The Morgan fingerprint density at radius 2 is 1.94 bits per heavy atom. The number of amides is 2. The van der Waals surface area contributed by atoms with Crippen molar-refractivity contribution in [3.63, 3.8) is 0 Å². The van der Waals surface area contributed by atoms with E-state index in [-0.39, 0.29) is 61.4 Å². The van der Waals surface area contributed by atoms with E-state index in [0.717, 1.165) is 6.42 Å². The number of aromatic nitrogens is 2. The van der Waals surface area contributed by atoms with Crippen LogP contribution in [-0.4, -0.2) is 57.3 Å².